The molecule has 36 heavy (non-hydrogen) atoms. The van der Waals surface area contributed by atoms with Crippen molar-refractivity contribution in [2.45, 2.75) is 12.6 Å². The second-order valence-electron chi connectivity index (χ2n) is 7.99. The largest absolute Gasteiger partial charge is 0.497 e. The molecule has 9 nitrogen and oxygen atoms in total. The summed E-state index contributed by atoms with van der Waals surface area (Å²) in [6.45, 7) is 0.233. The molecular weight excluding hydrogens is 465 g/mol. The van der Waals surface area contributed by atoms with E-state index in [4.69, 9.17) is 9.47 Å². The zero-order chi connectivity index (χ0) is 25.5. The predicted octanol–water partition coefficient (Wildman–Crippen LogP) is 3.43. The van der Waals surface area contributed by atoms with Crippen molar-refractivity contribution in [2.24, 2.45) is 0 Å². The van der Waals surface area contributed by atoms with Gasteiger partial charge in [0.1, 0.15) is 29.7 Å². The summed E-state index contributed by atoms with van der Waals surface area (Å²) in [5.74, 6) is -0.616. The van der Waals surface area contributed by atoms with E-state index in [9.17, 15) is 14.0 Å². The average molecular weight is 492 g/mol. The van der Waals surface area contributed by atoms with E-state index in [1.54, 1.807) is 31.4 Å². The molecule has 4 aromatic rings. The van der Waals surface area contributed by atoms with E-state index in [1.165, 1.54) is 41.0 Å². The standard InChI is InChI=1S/C26H26FN5O4/c1-35-16-15-31(24(33)17-32-23-6-4-3-5-22(23)29-30-32)25(18-7-13-21(36-2)14-8-18)26(34)28-20-11-9-19(27)10-12-20/h3-14,25H,15-17H2,1-2H3,(H,28,34)/t25-/m0/s1. The number of hydrogen-bond acceptors (Lipinski definition) is 6. The van der Waals surface area contributed by atoms with Gasteiger partial charge in [0.05, 0.1) is 19.2 Å². The third-order valence-electron chi connectivity index (χ3n) is 5.67. The number of halogens is 1. The number of aromatic nitrogens is 3. The number of amides is 2. The molecule has 0 aliphatic rings. The van der Waals surface area contributed by atoms with Gasteiger partial charge < -0.3 is 19.7 Å². The summed E-state index contributed by atoms with van der Waals surface area (Å²) in [4.78, 5) is 28.6. The Morgan fingerprint density at radius 2 is 1.75 bits per heavy atom. The number of nitrogens with one attached hydrogen (secondary N) is 1. The lowest BCUT2D eigenvalue weighted by atomic mass is 10.0. The highest BCUT2D eigenvalue weighted by atomic mass is 19.1. The molecule has 3 aromatic carbocycles. The minimum atomic E-state index is -1.00. The Hall–Kier alpha value is -4.31. The monoisotopic (exact) mass is 491 g/mol. The molecule has 0 saturated heterocycles. The molecule has 0 spiro atoms. The van der Waals surface area contributed by atoms with Crippen LogP contribution in [-0.4, -0.2) is 59.1 Å². The second-order valence-corrected chi connectivity index (χ2v) is 7.99. The maximum Gasteiger partial charge on any atom is 0.251 e. The molecule has 0 aliphatic carbocycles. The van der Waals surface area contributed by atoms with Crippen LogP contribution in [0.4, 0.5) is 10.1 Å². The van der Waals surface area contributed by atoms with Gasteiger partial charge in [-0.25, -0.2) is 9.07 Å². The van der Waals surface area contributed by atoms with Crippen molar-refractivity contribution in [1.29, 1.82) is 0 Å². The van der Waals surface area contributed by atoms with Crippen molar-refractivity contribution in [1.82, 2.24) is 19.9 Å². The Bertz CT molecular complexity index is 1320. The highest BCUT2D eigenvalue weighted by Crippen LogP contribution is 2.26. The summed E-state index contributed by atoms with van der Waals surface area (Å²) in [6, 6.07) is 18.6. The summed E-state index contributed by atoms with van der Waals surface area (Å²) >= 11 is 0. The van der Waals surface area contributed by atoms with Crippen LogP contribution in [-0.2, 0) is 20.9 Å². The van der Waals surface area contributed by atoms with Crippen molar-refractivity contribution in [3.63, 3.8) is 0 Å². The number of carbonyl (C=O) groups is 2. The number of rotatable bonds is 10. The molecule has 10 heteroatoms. The molecule has 1 N–H and O–H groups in total. The molecule has 0 radical (unpaired) electrons. The van der Waals surface area contributed by atoms with Crippen LogP contribution in [0.15, 0.2) is 72.8 Å². The Morgan fingerprint density at radius 3 is 2.44 bits per heavy atom. The van der Waals surface area contributed by atoms with Crippen molar-refractivity contribution >= 4 is 28.5 Å². The first-order valence-electron chi connectivity index (χ1n) is 11.3. The van der Waals surface area contributed by atoms with Gasteiger partial charge in [0.25, 0.3) is 5.91 Å². The highest BCUT2D eigenvalue weighted by molar-refractivity contribution is 5.98. The molecule has 2 amide bonds. The second kappa shape index (κ2) is 11.4. The van der Waals surface area contributed by atoms with Crippen LogP contribution >= 0.6 is 0 Å². The summed E-state index contributed by atoms with van der Waals surface area (Å²) in [6.07, 6.45) is 0. The molecule has 186 valence electrons. The third kappa shape index (κ3) is 5.66. The van der Waals surface area contributed by atoms with Crippen LogP contribution in [0.3, 0.4) is 0 Å². The first kappa shape index (κ1) is 24.8. The summed E-state index contributed by atoms with van der Waals surface area (Å²) < 4.78 is 25.4. The number of ether oxygens (including phenoxy) is 2. The van der Waals surface area contributed by atoms with Crippen LogP contribution in [0, 0.1) is 5.82 Å². The smallest absolute Gasteiger partial charge is 0.251 e. The Morgan fingerprint density at radius 1 is 1.03 bits per heavy atom. The Kier molecular flexibility index (Phi) is 7.86. The number of anilines is 1. The minimum Gasteiger partial charge on any atom is -0.497 e. The van der Waals surface area contributed by atoms with Crippen LogP contribution in [0.25, 0.3) is 11.0 Å². The SMILES string of the molecule is COCCN(C(=O)Cn1nnc2ccccc21)[C@H](C(=O)Nc1ccc(F)cc1)c1ccc(OC)cc1. The number of carbonyl (C=O) groups excluding carboxylic acids is 2. The topological polar surface area (TPSA) is 98.6 Å². The van der Waals surface area contributed by atoms with E-state index in [1.807, 2.05) is 24.3 Å². The van der Waals surface area contributed by atoms with Crippen LogP contribution in [0.2, 0.25) is 0 Å². The normalized spacial score (nSPS) is 11.8. The lowest BCUT2D eigenvalue weighted by Crippen LogP contribution is -2.44. The molecule has 1 aromatic heterocycles. The fraction of sp³-hybridized carbons (Fsp3) is 0.231. The van der Waals surface area contributed by atoms with Gasteiger partial charge in [-0.05, 0) is 54.1 Å². The molecule has 0 bridgehead atoms. The number of benzene rings is 3. The molecule has 1 heterocycles. The number of para-hydroxylation sites is 1. The Balaban J connectivity index is 1.68. The maximum atomic E-state index is 13.6. The molecule has 4 rings (SSSR count). The summed E-state index contributed by atoms with van der Waals surface area (Å²) in [5.41, 5.74) is 2.34. The van der Waals surface area contributed by atoms with Crippen molar-refractivity contribution in [3.8, 4) is 5.75 Å². The highest BCUT2D eigenvalue weighted by Gasteiger charge is 2.32. The quantitative estimate of drug-likeness (QED) is 0.365. The van der Waals surface area contributed by atoms with Gasteiger partial charge in [0, 0.05) is 19.3 Å². The van der Waals surface area contributed by atoms with Gasteiger partial charge in [-0.2, -0.15) is 0 Å². The van der Waals surface area contributed by atoms with Gasteiger partial charge in [-0.3, -0.25) is 9.59 Å². The van der Waals surface area contributed by atoms with E-state index in [2.05, 4.69) is 15.6 Å². The molecule has 0 aliphatic heterocycles. The maximum absolute atomic E-state index is 13.6. The fourth-order valence-electron chi connectivity index (χ4n) is 3.84. The van der Waals surface area contributed by atoms with Crippen molar-refractivity contribution in [2.75, 3.05) is 32.7 Å². The average Bonchev–Trinajstić information content (AvgIpc) is 3.30. The van der Waals surface area contributed by atoms with Crippen LogP contribution < -0.4 is 10.1 Å². The lowest BCUT2D eigenvalue weighted by Gasteiger charge is -2.31. The zero-order valence-electron chi connectivity index (χ0n) is 19.9. The van der Waals surface area contributed by atoms with Gasteiger partial charge in [0.2, 0.25) is 5.91 Å². The lowest BCUT2D eigenvalue weighted by molar-refractivity contribution is -0.140. The van der Waals surface area contributed by atoms with Gasteiger partial charge in [0.15, 0.2) is 0 Å². The number of fused-ring (bicyclic) bond motifs is 1. The number of nitrogens with zero attached hydrogens (tertiary/aromatic N) is 4. The summed E-state index contributed by atoms with van der Waals surface area (Å²) in [7, 11) is 3.07. The third-order valence-corrected chi connectivity index (χ3v) is 5.67. The predicted molar refractivity (Wildman–Crippen MR) is 132 cm³/mol. The van der Waals surface area contributed by atoms with Crippen LogP contribution in [0.5, 0.6) is 5.75 Å². The fourth-order valence-corrected chi connectivity index (χ4v) is 3.84. The first-order valence-corrected chi connectivity index (χ1v) is 11.3. The van der Waals surface area contributed by atoms with Crippen LogP contribution in [0.1, 0.15) is 11.6 Å². The van der Waals surface area contributed by atoms with Gasteiger partial charge >= 0.3 is 0 Å². The Labute approximate surface area is 207 Å². The van der Waals surface area contributed by atoms with E-state index in [0.717, 1.165) is 0 Å². The zero-order valence-corrected chi connectivity index (χ0v) is 19.9. The summed E-state index contributed by atoms with van der Waals surface area (Å²) in [5, 5.41) is 11.0. The van der Waals surface area contributed by atoms with E-state index < -0.39 is 17.8 Å². The van der Waals surface area contributed by atoms with E-state index >= 15 is 0 Å². The molecule has 0 saturated carbocycles. The van der Waals surface area contributed by atoms with Crippen molar-refractivity contribution < 1.29 is 23.5 Å². The first-order chi connectivity index (χ1) is 17.5. The van der Waals surface area contributed by atoms with Gasteiger partial charge in [-0.1, -0.05) is 29.5 Å². The van der Waals surface area contributed by atoms with Crippen molar-refractivity contribution in [3.05, 3.63) is 84.2 Å². The minimum absolute atomic E-state index is 0.124. The number of methoxy groups -OCH3 is 2. The molecule has 1 atom stereocenters. The molecular formula is C26H26FN5O4. The molecule has 0 unspecified atom stereocenters. The number of hydrogen-bond donors (Lipinski definition) is 1. The van der Waals surface area contributed by atoms with Gasteiger partial charge in [-0.15, -0.1) is 5.10 Å². The van der Waals surface area contributed by atoms with E-state index in [-0.39, 0.29) is 25.6 Å². The van der Waals surface area contributed by atoms with E-state index in [0.29, 0.717) is 28.0 Å². The molecule has 0 fully saturated rings.